The molecular formula is C14H14N4O3. The molecule has 0 amide bonds. The van der Waals surface area contributed by atoms with Crippen LogP contribution in [0.3, 0.4) is 0 Å². The number of rotatable bonds is 3. The maximum Gasteiger partial charge on any atom is 0.270 e. The summed E-state index contributed by atoms with van der Waals surface area (Å²) >= 11 is 0. The van der Waals surface area contributed by atoms with Gasteiger partial charge in [-0.2, -0.15) is 0 Å². The van der Waals surface area contributed by atoms with Crippen LogP contribution >= 0.6 is 0 Å². The number of benzene rings is 1. The Morgan fingerprint density at radius 2 is 2.05 bits per heavy atom. The van der Waals surface area contributed by atoms with Gasteiger partial charge in [-0.25, -0.2) is 9.97 Å². The lowest BCUT2D eigenvalue weighted by molar-refractivity contribution is -0.384. The van der Waals surface area contributed by atoms with Crippen LogP contribution in [0, 0.1) is 10.1 Å². The summed E-state index contributed by atoms with van der Waals surface area (Å²) in [6.07, 6.45) is 1.67. The Hall–Kier alpha value is -2.54. The van der Waals surface area contributed by atoms with Crippen molar-refractivity contribution in [3.8, 4) is 11.3 Å². The Kier molecular flexibility index (Phi) is 3.74. The summed E-state index contributed by atoms with van der Waals surface area (Å²) in [4.78, 5) is 21.3. The third-order valence-corrected chi connectivity index (χ3v) is 3.29. The minimum Gasteiger partial charge on any atom is -0.378 e. The van der Waals surface area contributed by atoms with Crippen molar-refractivity contribution < 1.29 is 9.66 Å². The highest BCUT2D eigenvalue weighted by atomic mass is 16.6. The fourth-order valence-electron chi connectivity index (χ4n) is 2.20. The van der Waals surface area contributed by atoms with Crippen molar-refractivity contribution in [2.24, 2.45) is 0 Å². The zero-order chi connectivity index (χ0) is 14.7. The van der Waals surface area contributed by atoms with Gasteiger partial charge in [-0.05, 0) is 6.07 Å². The molecule has 0 atom stereocenters. The lowest BCUT2D eigenvalue weighted by atomic mass is 10.1. The molecule has 21 heavy (non-hydrogen) atoms. The number of hydrogen-bond donors (Lipinski definition) is 0. The second kappa shape index (κ2) is 5.84. The van der Waals surface area contributed by atoms with Crippen LogP contribution in [0.15, 0.2) is 36.5 Å². The monoisotopic (exact) mass is 286 g/mol. The quantitative estimate of drug-likeness (QED) is 0.633. The summed E-state index contributed by atoms with van der Waals surface area (Å²) < 4.78 is 5.31. The van der Waals surface area contributed by atoms with E-state index in [4.69, 9.17) is 4.74 Å². The van der Waals surface area contributed by atoms with Crippen molar-refractivity contribution in [1.29, 1.82) is 0 Å². The maximum atomic E-state index is 10.8. The van der Waals surface area contributed by atoms with Gasteiger partial charge in [-0.1, -0.05) is 12.1 Å². The van der Waals surface area contributed by atoms with Crippen molar-refractivity contribution in [3.63, 3.8) is 0 Å². The number of ether oxygens (including phenoxy) is 1. The van der Waals surface area contributed by atoms with E-state index in [0.29, 0.717) is 30.4 Å². The number of nitro groups is 1. The molecule has 7 heteroatoms. The molecular weight excluding hydrogens is 272 g/mol. The SMILES string of the molecule is O=[N+]([O-])c1cccc(-c2ccnc(N3CCOCC3)n2)c1. The van der Waals surface area contributed by atoms with E-state index in [1.54, 1.807) is 24.4 Å². The van der Waals surface area contributed by atoms with Crippen molar-refractivity contribution in [1.82, 2.24) is 9.97 Å². The van der Waals surface area contributed by atoms with Crippen molar-refractivity contribution in [2.45, 2.75) is 0 Å². The molecule has 0 unspecified atom stereocenters. The van der Waals surface area contributed by atoms with Crippen LogP contribution in [-0.2, 0) is 4.74 Å². The molecule has 2 aromatic rings. The first-order valence-electron chi connectivity index (χ1n) is 6.64. The fraction of sp³-hybridized carbons (Fsp3) is 0.286. The molecule has 3 rings (SSSR count). The molecule has 1 fully saturated rings. The van der Waals surface area contributed by atoms with E-state index < -0.39 is 4.92 Å². The number of hydrogen-bond acceptors (Lipinski definition) is 6. The zero-order valence-electron chi connectivity index (χ0n) is 11.3. The average molecular weight is 286 g/mol. The van der Waals surface area contributed by atoms with Gasteiger partial charge in [0.05, 0.1) is 23.8 Å². The van der Waals surface area contributed by atoms with E-state index in [-0.39, 0.29) is 5.69 Å². The molecule has 1 saturated heterocycles. The van der Waals surface area contributed by atoms with Crippen molar-refractivity contribution in [2.75, 3.05) is 31.2 Å². The molecule has 1 aliphatic rings. The van der Waals surface area contributed by atoms with E-state index in [0.717, 1.165) is 13.1 Å². The van der Waals surface area contributed by atoms with Crippen molar-refractivity contribution in [3.05, 3.63) is 46.6 Å². The summed E-state index contributed by atoms with van der Waals surface area (Å²) in [6, 6.07) is 8.20. The van der Waals surface area contributed by atoms with Crippen LogP contribution in [-0.4, -0.2) is 41.2 Å². The van der Waals surface area contributed by atoms with Gasteiger partial charge in [-0.3, -0.25) is 10.1 Å². The van der Waals surface area contributed by atoms with Crippen LogP contribution in [0.2, 0.25) is 0 Å². The van der Waals surface area contributed by atoms with E-state index in [9.17, 15) is 10.1 Å². The minimum absolute atomic E-state index is 0.0547. The summed E-state index contributed by atoms with van der Waals surface area (Å²) in [7, 11) is 0. The number of anilines is 1. The number of nitro benzene ring substituents is 1. The highest BCUT2D eigenvalue weighted by molar-refractivity contribution is 5.63. The Labute approximate surface area is 121 Å². The normalized spacial score (nSPS) is 15.0. The third-order valence-electron chi connectivity index (χ3n) is 3.29. The standard InChI is InChI=1S/C14H14N4O3/c19-18(20)12-3-1-2-11(10-12)13-4-5-15-14(16-13)17-6-8-21-9-7-17/h1-5,10H,6-9H2. The van der Waals surface area contributed by atoms with Gasteiger partial charge in [0.25, 0.3) is 5.69 Å². The van der Waals surface area contributed by atoms with E-state index in [1.165, 1.54) is 12.1 Å². The number of morpholine rings is 1. The smallest absolute Gasteiger partial charge is 0.270 e. The first-order valence-corrected chi connectivity index (χ1v) is 6.64. The predicted molar refractivity (Wildman–Crippen MR) is 77.2 cm³/mol. The van der Waals surface area contributed by atoms with Gasteiger partial charge >= 0.3 is 0 Å². The predicted octanol–water partition coefficient (Wildman–Crippen LogP) is 1.89. The Morgan fingerprint density at radius 3 is 2.81 bits per heavy atom. The second-order valence-corrected chi connectivity index (χ2v) is 4.65. The lowest BCUT2D eigenvalue weighted by Gasteiger charge is -2.26. The van der Waals surface area contributed by atoms with Crippen LogP contribution < -0.4 is 4.90 Å². The molecule has 0 radical (unpaired) electrons. The van der Waals surface area contributed by atoms with Gasteiger partial charge in [-0.15, -0.1) is 0 Å². The van der Waals surface area contributed by atoms with Gasteiger partial charge in [0.2, 0.25) is 5.95 Å². The molecule has 0 spiro atoms. The number of aromatic nitrogens is 2. The van der Waals surface area contributed by atoms with E-state index in [2.05, 4.69) is 9.97 Å². The number of nitrogens with zero attached hydrogens (tertiary/aromatic N) is 4. The van der Waals surface area contributed by atoms with Crippen LogP contribution in [0.4, 0.5) is 11.6 Å². The Morgan fingerprint density at radius 1 is 1.24 bits per heavy atom. The maximum absolute atomic E-state index is 10.8. The molecule has 0 N–H and O–H groups in total. The molecule has 1 aromatic heterocycles. The molecule has 0 aliphatic carbocycles. The van der Waals surface area contributed by atoms with Crippen LogP contribution in [0.25, 0.3) is 11.3 Å². The average Bonchev–Trinajstić information content (AvgIpc) is 2.56. The minimum atomic E-state index is -0.409. The molecule has 0 bridgehead atoms. The summed E-state index contributed by atoms with van der Waals surface area (Å²) in [5.74, 6) is 0.627. The highest BCUT2D eigenvalue weighted by Gasteiger charge is 2.15. The second-order valence-electron chi connectivity index (χ2n) is 4.65. The van der Waals surface area contributed by atoms with Gasteiger partial charge < -0.3 is 9.64 Å². The molecule has 0 saturated carbocycles. The van der Waals surface area contributed by atoms with Gasteiger partial charge in [0.1, 0.15) is 0 Å². The summed E-state index contributed by atoms with van der Waals surface area (Å²) in [6.45, 7) is 2.81. The van der Waals surface area contributed by atoms with E-state index in [1.807, 2.05) is 4.90 Å². The highest BCUT2D eigenvalue weighted by Crippen LogP contribution is 2.23. The first-order chi connectivity index (χ1) is 10.2. The third kappa shape index (κ3) is 2.97. The summed E-state index contributed by atoms with van der Waals surface area (Å²) in [5, 5.41) is 10.8. The number of non-ortho nitro benzene ring substituents is 1. The molecule has 1 aromatic carbocycles. The van der Waals surface area contributed by atoms with Gasteiger partial charge in [0.15, 0.2) is 0 Å². The largest absolute Gasteiger partial charge is 0.378 e. The van der Waals surface area contributed by atoms with Crippen LogP contribution in [0.1, 0.15) is 0 Å². The van der Waals surface area contributed by atoms with Crippen molar-refractivity contribution >= 4 is 11.6 Å². The van der Waals surface area contributed by atoms with Crippen LogP contribution in [0.5, 0.6) is 0 Å². The Bertz CT molecular complexity index is 656. The Balaban J connectivity index is 1.92. The van der Waals surface area contributed by atoms with E-state index >= 15 is 0 Å². The molecule has 108 valence electrons. The molecule has 2 heterocycles. The summed E-state index contributed by atoms with van der Waals surface area (Å²) in [5.41, 5.74) is 1.44. The zero-order valence-corrected chi connectivity index (χ0v) is 11.3. The topological polar surface area (TPSA) is 81.4 Å². The fourth-order valence-corrected chi connectivity index (χ4v) is 2.20. The molecule has 1 aliphatic heterocycles. The lowest BCUT2D eigenvalue weighted by Crippen LogP contribution is -2.37. The molecule has 7 nitrogen and oxygen atoms in total. The first kappa shape index (κ1) is 13.4. The van der Waals surface area contributed by atoms with Gasteiger partial charge in [0, 0.05) is 37.0 Å².